The maximum absolute atomic E-state index is 10.7. The van der Waals surface area contributed by atoms with Gasteiger partial charge in [0.15, 0.2) is 12.4 Å². The van der Waals surface area contributed by atoms with Crippen LogP contribution < -0.4 is 4.57 Å². The molecule has 0 amide bonds. The van der Waals surface area contributed by atoms with Crippen molar-refractivity contribution in [3.8, 4) is 0 Å². The van der Waals surface area contributed by atoms with Crippen molar-refractivity contribution in [1.82, 2.24) is 0 Å². The van der Waals surface area contributed by atoms with Crippen molar-refractivity contribution < 1.29 is 23.0 Å². The first kappa shape index (κ1) is 19.3. The van der Waals surface area contributed by atoms with Gasteiger partial charge in [-0.2, -0.15) is 8.42 Å². The van der Waals surface area contributed by atoms with Crippen LogP contribution in [0.5, 0.6) is 0 Å². The number of rotatable bonds is 8. The summed E-state index contributed by atoms with van der Waals surface area (Å²) < 4.78 is 31.9. The molecule has 0 aliphatic rings. The molecule has 0 aliphatic carbocycles. The lowest BCUT2D eigenvalue weighted by atomic mass is 10.1. The van der Waals surface area contributed by atoms with Crippen LogP contribution >= 0.6 is 0 Å². The molecule has 2 aromatic rings. The van der Waals surface area contributed by atoms with E-state index in [1.807, 2.05) is 23.0 Å². The zero-order valence-electron chi connectivity index (χ0n) is 13.0. The van der Waals surface area contributed by atoms with Gasteiger partial charge in [0.25, 0.3) is 10.1 Å². The van der Waals surface area contributed by atoms with Gasteiger partial charge in [0.1, 0.15) is 6.54 Å². The first-order chi connectivity index (χ1) is 10.5. The van der Waals surface area contributed by atoms with Crippen LogP contribution in [0.25, 0.3) is 0 Å². The van der Waals surface area contributed by atoms with Crippen LogP contribution in [0.15, 0.2) is 54.9 Å². The predicted molar refractivity (Wildman–Crippen MR) is 88.1 cm³/mol. The Hall–Kier alpha value is -1.76. The Labute approximate surface area is 137 Å². The van der Waals surface area contributed by atoms with E-state index in [0.717, 1.165) is 19.3 Å². The zero-order chi connectivity index (χ0) is 15.8. The highest BCUT2D eigenvalue weighted by atomic mass is 32.2. The molecule has 6 heteroatoms. The molecular formula is C17H23NO4S. The Balaban J connectivity index is 0.00000264. The van der Waals surface area contributed by atoms with E-state index in [1.165, 1.54) is 11.1 Å². The Kier molecular flexibility index (Phi) is 7.88. The second-order valence-corrected chi connectivity index (χ2v) is 7.00. The quantitative estimate of drug-likeness (QED) is 0.591. The minimum atomic E-state index is -3.85. The maximum atomic E-state index is 10.7. The largest absolute Gasteiger partial charge is 0.870 e. The van der Waals surface area contributed by atoms with Crippen LogP contribution in [-0.2, 0) is 29.5 Å². The number of aryl methyl sites for hydroxylation is 3. The van der Waals surface area contributed by atoms with Crippen molar-refractivity contribution in [2.24, 2.45) is 0 Å². The lowest BCUT2D eigenvalue weighted by Gasteiger charge is -2.02. The molecule has 0 saturated heterocycles. The zero-order valence-corrected chi connectivity index (χ0v) is 13.8. The second kappa shape index (κ2) is 9.39. The van der Waals surface area contributed by atoms with Crippen molar-refractivity contribution in [3.63, 3.8) is 0 Å². The summed E-state index contributed by atoms with van der Waals surface area (Å²) in [6.45, 7) is 0.587. The lowest BCUT2D eigenvalue weighted by molar-refractivity contribution is -0.696. The summed E-state index contributed by atoms with van der Waals surface area (Å²) in [5, 5.41) is 0. The Morgan fingerprint density at radius 3 is 2.00 bits per heavy atom. The van der Waals surface area contributed by atoms with Crippen LogP contribution in [0, 0.1) is 0 Å². The smallest absolute Gasteiger partial charge is 0.265 e. The third-order valence-electron chi connectivity index (χ3n) is 3.55. The van der Waals surface area contributed by atoms with Gasteiger partial charge in [-0.15, -0.1) is 0 Å². The van der Waals surface area contributed by atoms with E-state index < -0.39 is 10.1 Å². The second-order valence-electron chi connectivity index (χ2n) is 5.42. The van der Waals surface area contributed by atoms with E-state index in [-0.39, 0.29) is 11.2 Å². The number of benzene rings is 1. The first-order valence-electron chi connectivity index (χ1n) is 7.50. The van der Waals surface area contributed by atoms with Gasteiger partial charge >= 0.3 is 0 Å². The summed E-state index contributed by atoms with van der Waals surface area (Å²) in [6, 6.07) is 14.6. The molecule has 0 atom stereocenters. The molecular weight excluding hydrogens is 314 g/mol. The van der Waals surface area contributed by atoms with Gasteiger partial charge in [-0.05, 0) is 30.4 Å². The molecule has 2 N–H and O–H groups in total. The molecule has 0 aliphatic heterocycles. The molecule has 1 aromatic heterocycles. The SMILES string of the molecule is O=S(=O)(O)CCC[n+]1ccc(CCCc2ccccc2)cc1.[OH-]. The van der Waals surface area contributed by atoms with Crippen LogP contribution in [0.2, 0.25) is 0 Å². The summed E-state index contributed by atoms with van der Waals surface area (Å²) in [6.07, 6.45) is 7.54. The fraction of sp³-hybridized carbons (Fsp3) is 0.353. The molecule has 126 valence electrons. The van der Waals surface area contributed by atoms with Crippen molar-refractivity contribution in [3.05, 3.63) is 66.0 Å². The van der Waals surface area contributed by atoms with E-state index in [1.54, 1.807) is 0 Å². The molecule has 1 aromatic carbocycles. The Bertz CT molecular complexity index is 669. The van der Waals surface area contributed by atoms with E-state index in [0.29, 0.717) is 13.0 Å². The van der Waals surface area contributed by atoms with Crippen LogP contribution in [0.3, 0.4) is 0 Å². The Morgan fingerprint density at radius 2 is 1.43 bits per heavy atom. The number of pyridine rings is 1. The number of nitrogens with zero attached hydrogens (tertiary/aromatic N) is 1. The molecule has 0 unspecified atom stereocenters. The maximum Gasteiger partial charge on any atom is 0.265 e. The van der Waals surface area contributed by atoms with Gasteiger partial charge in [-0.25, -0.2) is 4.57 Å². The normalized spacial score (nSPS) is 11.0. The van der Waals surface area contributed by atoms with Crippen molar-refractivity contribution >= 4 is 10.1 Å². The van der Waals surface area contributed by atoms with Crippen LogP contribution in [0.1, 0.15) is 24.0 Å². The third kappa shape index (κ3) is 7.88. The fourth-order valence-corrected chi connectivity index (χ4v) is 2.87. The van der Waals surface area contributed by atoms with Gasteiger partial charge in [-0.3, -0.25) is 4.55 Å². The number of hydrogen-bond donors (Lipinski definition) is 1. The summed E-state index contributed by atoms with van der Waals surface area (Å²) in [7, 11) is -3.85. The highest BCUT2D eigenvalue weighted by Crippen LogP contribution is 2.07. The summed E-state index contributed by atoms with van der Waals surface area (Å²) >= 11 is 0. The van der Waals surface area contributed by atoms with Crippen molar-refractivity contribution in [2.75, 3.05) is 5.75 Å². The minimum absolute atomic E-state index is 0. The molecule has 5 nitrogen and oxygen atoms in total. The van der Waals surface area contributed by atoms with Gasteiger partial charge in [0, 0.05) is 18.6 Å². The Morgan fingerprint density at radius 1 is 0.870 bits per heavy atom. The third-order valence-corrected chi connectivity index (χ3v) is 4.36. The standard InChI is InChI=1S/C17H21NO3S.H2O/c19-22(20,21)15-5-12-18-13-10-17(11-14-18)9-4-8-16-6-2-1-3-7-16;/h1-3,6-7,10-11,13-14H,4-5,8-9,12,15H2;1H2. The summed E-state index contributed by atoms with van der Waals surface area (Å²) in [5.41, 5.74) is 2.64. The fourth-order valence-electron chi connectivity index (χ4n) is 2.37. The average Bonchev–Trinajstić information content (AvgIpc) is 2.49. The van der Waals surface area contributed by atoms with Gasteiger partial charge in [-0.1, -0.05) is 30.3 Å². The molecule has 0 spiro atoms. The molecule has 1 heterocycles. The van der Waals surface area contributed by atoms with E-state index >= 15 is 0 Å². The monoisotopic (exact) mass is 337 g/mol. The van der Waals surface area contributed by atoms with E-state index in [9.17, 15) is 8.42 Å². The van der Waals surface area contributed by atoms with Gasteiger partial charge < -0.3 is 5.48 Å². The van der Waals surface area contributed by atoms with E-state index in [2.05, 4.69) is 36.4 Å². The van der Waals surface area contributed by atoms with Gasteiger partial charge in [0.05, 0.1) is 5.75 Å². The number of hydrogen-bond acceptors (Lipinski definition) is 3. The summed E-state index contributed by atoms with van der Waals surface area (Å²) in [4.78, 5) is 0. The lowest BCUT2D eigenvalue weighted by Crippen LogP contribution is -2.33. The molecule has 0 saturated carbocycles. The molecule has 0 radical (unpaired) electrons. The van der Waals surface area contributed by atoms with Gasteiger partial charge in [0.2, 0.25) is 0 Å². The van der Waals surface area contributed by atoms with Crippen molar-refractivity contribution in [1.29, 1.82) is 0 Å². The topological polar surface area (TPSA) is 88.2 Å². The molecule has 2 rings (SSSR count). The predicted octanol–water partition coefficient (Wildman–Crippen LogP) is 2.25. The molecule has 23 heavy (non-hydrogen) atoms. The average molecular weight is 337 g/mol. The van der Waals surface area contributed by atoms with Crippen LogP contribution in [-0.4, -0.2) is 24.2 Å². The molecule has 0 bridgehead atoms. The highest BCUT2D eigenvalue weighted by molar-refractivity contribution is 7.85. The van der Waals surface area contributed by atoms with E-state index in [4.69, 9.17) is 4.55 Å². The highest BCUT2D eigenvalue weighted by Gasteiger charge is 2.07. The van der Waals surface area contributed by atoms with Crippen molar-refractivity contribution in [2.45, 2.75) is 32.2 Å². The van der Waals surface area contributed by atoms with Crippen LogP contribution in [0.4, 0.5) is 0 Å². The summed E-state index contributed by atoms with van der Waals surface area (Å²) in [5.74, 6) is -0.196. The first-order valence-corrected chi connectivity index (χ1v) is 9.11. The molecule has 0 fully saturated rings. The minimum Gasteiger partial charge on any atom is -0.870 e. The number of aromatic nitrogens is 1.